The molecule has 1 heterocycles. The quantitative estimate of drug-likeness (QED) is 0.919. The van der Waals surface area contributed by atoms with Crippen LogP contribution in [0.15, 0.2) is 24.4 Å². The third kappa shape index (κ3) is 2.64. The minimum absolute atomic E-state index is 0.0549. The number of aryl methyl sites for hydroxylation is 2. The van der Waals surface area contributed by atoms with Gasteiger partial charge in [0, 0.05) is 24.5 Å². The minimum atomic E-state index is -0.420. The van der Waals surface area contributed by atoms with E-state index in [2.05, 4.69) is 10.4 Å². The Bertz CT molecular complexity index is 565. The van der Waals surface area contributed by atoms with Gasteiger partial charge in [-0.05, 0) is 32.0 Å². The molecule has 1 N–H and O–H groups in total. The number of aromatic nitrogens is 2. The normalized spacial score (nSPS) is 12.5. The molecule has 3 nitrogen and oxygen atoms in total. The van der Waals surface area contributed by atoms with Gasteiger partial charge in [0.1, 0.15) is 5.82 Å². The lowest BCUT2D eigenvalue weighted by Gasteiger charge is -2.14. The van der Waals surface area contributed by atoms with Crippen molar-refractivity contribution >= 4 is 17.3 Å². The topological polar surface area (TPSA) is 29.9 Å². The molecule has 0 aliphatic heterocycles. The first-order valence-electron chi connectivity index (χ1n) is 5.69. The van der Waals surface area contributed by atoms with Crippen molar-refractivity contribution in [3.63, 3.8) is 0 Å². The zero-order chi connectivity index (χ0) is 13.3. The van der Waals surface area contributed by atoms with Crippen LogP contribution in [0.3, 0.4) is 0 Å². The van der Waals surface area contributed by atoms with Crippen molar-refractivity contribution in [3.8, 4) is 0 Å². The summed E-state index contributed by atoms with van der Waals surface area (Å²) >= 11 is 5.65. The maximum atomic E-state index is 13.3. The molecule has 0 saturated heterocycles. The average Bonchev–Trinajstić information content (AvgIpc) is 2.63. The summed E-state index contributed by atoms with van der Waals surface area (Å²) in [6.07, 6.45) is 1.96. The monoisotopic (exact) mass is 267 g/mol. The molecule has 0 saturated carbocycles. The molecule has 1 aromatic heterocycles. The van der Waals surface area contributed by atoms with E-state index in [1.807, 2.05) is 27.1 Å². The predicted molar refractivity (Wildman–Crippen MR) is 71.4 cm³/mol. The Morgan fingerprint density at radius 2 is 2.17 bits per heavy atom. The number of halogens is 2. The first kappa shape index (κ1) is 12.9. The summed E-state index contributed by atoms with van der Waals surface area (Å²) in [4.78, 5) is 0. The van der Waals surface area contributed by atoms with Gasteiger partial charge in [-0.25, -0.2) is 4.39 Å². The molecular weight excluding hydrogens is 253 g/mol. The van der Waals surface area contributed by atoms with Gasteiger partial charge < -0.3 is 5.32 Å². The van der Waals surface area contributed by atoms with E-state index in [0.717, 1.165) is 11.3 Å². The minimum Gasteiger partial charge on any atom is -0.378 e. The van der Waals surface area contributed by atoms with E-state index in [1.54, 1.807) is 16.8 Å². The number of rotatable bonds is 3. The SMILES string of the molecule is Cc1nn(C)cc1C(C)Nc1ccc(Cl)c(F)c1. The molecule has 96 valence electrons. The molecule has 1 aromatic carbocycles. The molecule has 1 atom stereocenters. The van der Waals surface area contributed by atoms with Crippen LogP contribution < -0.4 is 5.32 Å². The van der Waals surface area contributed by atoms with Crippen molar-refractivity contribution in [1.29, 1.82) is 0 Å². The van der Waals surface area contributed by atoms with Crippen molar-refractivity contribution in [3.05, 3.63) is 46.5 Å². The molecule has 0 radical (unpaired) electrons. The van der Waals surface area contributed by atoms with Gasteiger partial charge in [-0.2, -0.15) is 5.10 Å². The Morgan fingerprint density at radius 1 is 1.44 bits per heavy atom. The fourth-order valence-corrected chi connectivity index (χ4v) is 2.07. The molecule has 0 bridgehead atoms. The molecule has 0 fully saturated rings. The van der Waals surface area contributed by atoms with Gasteiger partial charge >= 0.3 is 0 Å². The third-order valence-electron chi connectivity index (χ3n) is 2.82. The van der Waals surface area contributed by atoms with Crippen molar-refractivity contribution in [1.82, 2.24) is 9.78 Å². The first-order valence-corrected chi connectivity index (χ1v) is 6.07. The maximum Gasteiger partial charge on any atom is 0.143 e. The van der Waals surface area contributed by atoms with Crippen LogP contribution in [0.2, 0.25) is 5.02 Å². The number of benzene rings is 1. The Balaban J connectivity index is 2.18. The summed E-state index contributed by atoms with van der Waals surface area (Å²) in [5.74, 6) is -0.420. The van der Waals surface area contributed by atoms with Gasteiger partial charge in [-0.1, -0.05) is 11.6 Å². The Labute approximate surface area is 111 Å². The second-order valence-corrected chi connectivity index (χ2v) is 4.75. The van der Waals surface area contributed by atoms with Crippen molar-refractivity contribution < 1.29 is 4.39 Å². The second kappa shape index (κ2) is 4.98. The smallest absolute Gasteiger partial charge is 0.143 e. The summed E-state index contributed by atoms with van der Waals surface area (Å²) < 4.78 is 15.1. The molecule has 1 unspecified atom stereocenters. The van der Waals surface area contributed by atoms with Crippen molar-refractivity contribution in [2.24, 2.45) is 7.05 Å². The summed E-state index contributed by atoms with van der Waals surface area (Å²) in [5.41, 5.74) is 2.76. The van der Waals surface area contributed by atoms with Gasteiger partial charge in [0.15, 0.2) is 0 Å². The van der Waals surface area contributed by atoms with Gasteiger partial charge in [0.05, 0.1) is 16.8 Å². The summed E-state index contributed by atoms with van der Waals surface area (Å²) in [7, 11) is 1.88. The van der Waals surface area contributed by atoms with Crippen LogP contribution in [0.4, 0.5) is 10.1 Å². The highest BCUT2D eigenvalue weighted by Gasteiger charge is 2.12. The molecule has 2 aromatic rings. The highest BCUT2D eigenvalue weighted by Crippen LogP contribution is 2.24. The number of nitrogens with one attached hydrogen (secondary N) is 1. The van der Waals surface area contributed by atoms with Crippen molar-refractivity contribution in [2.45, 2.75) is 19.9 Å². The average molecular weight is 268 g/mol. The first-order chi connectivity index (χ1) is 8.47. The molecule has 0 aliphatic rings. The standard InChI is InChI=1S/C13H15ClFN3/c1-8(11-7-18(3)17-9(11)2)16-10-4-5-12(14)13(15)6-10/h4-8,16H,1-3H3. The molecule has 5 heteroatoms. The van der Waals surface area contributed by atoms with Gasteiger partial charge in [-0.15, -0.1) is 0 Å². The number of hydrogen-bond donors (Lipinski definition) is 1. The molecule has 18 heavy (non-hydrogen) atoms. The fraction of sp³-hybridized carbons (Fsp3) is 0.308. The number of hydrogen-bond acceptors (Lipinski definition) is 2. The van der Waals surface area contributed by atoms with Crippen LogP contribution in [0, 0.1) is 12.7 Å². The van der Waals surface area contributed by atoms with E-state index < -0.39 is 5.82 Å². The highest BCUT2D eigenvalue weighted by atomic mass is 35.5. The highest BCUT2D eigenvalue weighted by molar-refractivity contribution is 6.30. The Hall–Kier alpha value is -1.55. The van der Waals surface area contributed by atoms with Gasteiger partial charge in [-0.3, -0.25) is 4.68 Å². The van der Waals surface area contributed by atoms with E-state index in [-0.39, 0.29) is 11.1 Å². The van der Waals surface area contributed by atoms with Crippen LogP contribution in [-0.4, -0.2) is 9.78 Å². The van der Waals surface area contributed by atoms with Crippen LogP contribution in [0.5, 0.6) is 0 Å². The summed E-state index contributed by atoms with van der Waals surface area (Å²) in [6, 6.07) is 4.75. The third-order valence-corrected chi connectivity index (χ3v) is 3.13. The Kier molecular flexibility index (Phi) is 3.57. The maximum absolute atomic E-state index is 13.3. The summed E-state index contributed by atoms with van der Waals surface area (Å²) in [6.45, 7) is 3.96. The van der Waals surface area contributed by atoms with Crippen LogP contribution >= 0.6 is 11.6 Å². The predicted octanol–water partition coefficient (Wildman–Crippen LogP) is 3.69. The fourth-order valence-electron chi connectivity index (χ4n) is 1.96. The van der Waals surface area contributed by atoms with E-state index in [4.69, 9.17) is 11.6 Å². The Morgan fingerprint density at radius 3 is 2.72 bits per heavy atom. The van der Waals surface area contributed by atoms with Crippen LogP contribution in [0.1, 0.15) is 24.2 Å². The second-order valence-electron chi connectivity index (χ2n) is 4.34. The van der Waals surface area contributed by atoms with E-state index in [0.29, 0.717) is 5.69 Å². The molecule has 0 amide bonds. The van der Waals surface area contributed by atoms with Gasteiger partial charge in [0.25, 0.3) is 0 Å². The van der Waals surface area contributed by atoms with Crippen LogP contribution in [0.25, 0.3) is 0 Å². The molecule has 0 aliphatic carbocycles. The largest absolute Gasteiger partial charge is 0.378 e. The summed E-state index contributed by atoms with van der Waals surface area (Å²) in [5, 5.41) is 7.65. The number of nitrogens with zero attached hydrogens (tertiary/aromatic N) is 2. The van der Waals surface area contributed by atoms with E-state index in [9.17, 15) is 4.39 Å². The molecule has 0 spiro atoms. The van der Waals surface area contributed by atoms with Gasteiger partial charge in [0.2, 0.25) is 0 Å². The molecule has 2 rings (SSSR count). The molecular formula is C13H15ClFN3. The lowest BCUT2D eigenvalue weighted by Crippen LogP contribution is -2.07. The van der Waals surface area contributed by atoms with E-state index in [1.165, 1.54) is 6.07 Å². The van der Waals surface area contributed by atoms with Crippen LogP contribution in [-0.2, 0) is 7.05 Å². The lowest BCUT2D eigenvalue weighted by atomic mass is 10.1. The van der Waals surface area contributed by atoms with Crippen molar-refractivity contribution in [2.75, 3.05) is 5.32 Å². The number of anilines is 1. The van der Waals surface area contributed by atoms with E-state index >= 15 is 0 Å². The zero-order valence-electron chi connectivity index (χ0n) is 10.5. The zero-order valence-corrected chi connectivity index (χ0v) is 11.3. The lowest BCUT2D eigenvalue weighted by molar-refractivity contribution is 0.628.